The third-order valence-corrected chi connectivity index (χ3v) is 3.84. The molecule has 26 heavy (non-hydrogen) atoms. The number of para-hydroxylation sites is 2. The number of benzene rings is 1. The first-order chi connectivity index (χ1) is 12.8. The van der Waals surface area contributed by atoms with E-state index in [0.717, 1.165) is 5.52 Å². The molecule has 4 aromatic rings. The Kier molecular flexibility index (Phi) is 4.26. The zero-order chi connectivity index (χ0) is 17.8. The molecule has 0 radical (unpaired) electrons. The number of fused-ring (bicyclic) bond motifs is 1. The summed E-state index contributed by atoms with van der Waals surface area (Å²) in [5.41, 5.74) is 1.90. The predicted molar refractivity (Wildman–Crippen MR) is 94.2 cm³/mol. The van der Waals surface area contributed by atoms with Crippen molar-refractivity contribution >= 4 is 17.0 Å². The fourth-order valence-corrected chi connectivity index (χ4v) is 2.59. The van der Waals surface area contributed by atoms with Crippen molar-refractivity contribution in [2.24, 2.45) is 0 Å². The van der Waals surface area contributed by atoms with Gasteiger partial charge in [0.25, 0.3) is 0 Å². The highest BCUT2D eigenvalue weighted by Crippen LogP contribution is 2.25. The minimum absolute atomic E-state index is 0.329. The van der Waals surface area contributed by atoms with Gasteiger partial charge in [-0.2, -0.15) is 10.4 Å². The van der Waals surface area contributed by atoms with E-state index in [1.165, 1.54) is 0 Å². The van der Waals surface area contributed by atoms with Crippen LogP contribution in [0.15, 0.2) is 59.4 Å². The van der Waals surface area contributed by atoms with Gasteiger partial charge in [0.1, 0.15) is 5.52 Å². The van der Waals surface area contributed by atoms with Gasteiger partial charge in [-0.15, -0.1) is 0 Å². The fourth-order valence-electron chi connectivity index (χ4n) is 2.59. The van der Waals surface area contributed by atoms with E-state index >= 15 is 0 Å². The van der Waals surface area contributed by atoms with Gasteiger partial charge in [0.05, 0.1) is 18.3 Å². The molecule has 8 heteroatoms. The van der Waals surface area contributed by atoms with Crippen LogP contribution in [0.1, 0.15) is 17.5 Å². The van der Waals surface area contributed by atoms with Crippen molar-refractivity contribution in [2.75, 3.05) is 11.9 Å². The van der Waals surface area contributed by atoms with E-state index in [1.54, 1.807) is 18.5 Å². The molecule has 0 bridgehead atoms. The van der Waals surface area contributed by atoms with Gasteiger partial charge >= 0.3 is 0 Å². The van der Waals surface area contributed by atoms with Crippen molar-refractivity contribution in [1.82, 2.24) is 24.7 Å². The average molecular weight is 345 g/mol. The van der Waals surface area contributed by atoms with Crippen LogP contribution in [0.25, 0.3) is 11.1 Å². The lowest BCUT2D eigenvalue weighted by Gasteiger charge is -2.08. The summed E-state index contributed by atoms with van der Waals surface area (Å²) >= 11 is 0. The maximum Gasteiger partial charge on any atom is 0.222 e. The molecule has 3 heterocycles. The largest absolute Gasteiger partial charge is 0.439 e. The molecule has 1 atom stereocenters. The van der Waals surface area contributed by atoms with E-state index in [1.807, 2.05) is 41.2 Å². The van der Waals surface area contributed by atoms with Crippen LogP contribution < -0.4 is 5.32 Å². The van der Waals surface area contributed by atoms with Crippen LogP contribution in [0.4, 0.5) is 5.95 Å². The van der Waals surface area contributed by atoms with Crippen LogP contribution in [0.3, 0.4) is 0 Å². The molecule has 4 rings (SSSR count). The molecular formula is C18H15N7O. The number of nitrogens with zero attached hydrogens (tertiary/aromatic N) is 6. The highest BCUT2D eigenvalue weighted by Gasteiger charge is 2.22. The van der Waals surface area contributed by atoms with Gasteiger partial charge in [-0.05, 0) is 24.3 Å². The third-order valence-electron chi connectivity index (χ3n) is 3.84. The third kappa shape index (κ3) is 3.23. The molecule has 0 fully saturated rings. The SMILES string of the molecule is N#CC(c1ccnc(NCCn2cccn2)n1)c1nc2ccccc2o1. The van der Waals surface area contributed by atoms with E-state index < -0.39 is 5.92 Å². The molecule has 3 aromatic heterocycles. The van der Waals surface area contributed by atoms with E-state index in [-0.39, 0.29) is 0 Å². The Morgan fingerprint density at radius 1 is 1.15 bits per heavy atom. The van der Waals surface area contributed by atoms with Crippen molar-refractivity contribution in [3.63, 3.8) is 0 Å². The summed E-state index contributed by atoms with van der Waals surface area (Å²) in [6.45, 7) is 1.30. The van der Waals surface area contributed by atoms with Crippen molar-refractivity contribution in [3.05, 3.63) is 66.6 Å². The lowest BCUT2D eigenvalue weighted by Crippen LogP contribution is -2.13. The summed E-state index contributed by atoms with van der Waals surface area (Å²) in [5.74, 6) is 0.0815. The van der Waals surface area contributed by atoms with Crippen LogP contribution in [0, 0.1) is 11.3 Å². The molecule has 0 saturated heterocycles. The molecule has 0 saturated carbocycles. The molecule has 1 unspecified atom stereocenters. The van der Waals surface area contributed by atoms with Gasteiger partial charge in [0, 0.05) is 25.1 Å². The van der Waals surface area contributed by atoms with Gasteiger partial charge in [0.2, 0.25) is 11.8 Å². The Morgan fingerprint density at radius 3 is 2.88 bits per heavy atom. The average Bonchev–Trinajstić information content (AvgIpc) is 3.32. The topological polar surface area (TPSA) is 105 Å². The maximum absolute atomic E-state index is 9.61. The van der Waals surface area contributed by atoms with Gasteiger partial charge in [-0.25, -0.2) is 15.0 Å². The summed E-state index contributed by atoms with van der Waals surface area (Å²) in [5, 5.41) is 16.9. The Morgan fingerprint density at radius 2 is 2.08 bits per heavy atom. The van der Waals surface area contributed by atoms with Crippen molar-refractivity contribution in [3.8, 4) is 6.07 Å². The van der Waals surface area contributed by atoms with E-state index in [4.69, 9.17) is 4.42 Å². The van der Waals surface area contributed by atoms with Gasteiger partial charge < -0.3 is 9.73 Å². The van der Waals surface area contributed by atoms with Crippen LogP contribution in [-0.4, -0.2) is 31.3 Å². The molecule has 8 nitrogen and oxygen atoms in total. The van der Waals surface area contributed by atoms with Crippen molar-refractivity contribution in [2.45, 2.75) is 12.5 Å². The van der Waals surface area contributed by atoms with Crippen LogP contribution in [0.5, 0.6) is 0 Å². The van der Waals surface area contributed by atoms with Gasteiger partial charge in [0.15, 0.2) is 11.5 Å². The smallest absolute Gasteiger partial charge is 0.222 e. The first-order valence-electron chi connectivity index (χ1n) is 8.13. The quantitative estimate of drug-likeness (QED) is 0.572. The van der Waals surface area contributed by atoms with Crippen molar-refractivity contribution < 1.29 is 4.42 Å². The molecule has 0 aliphatic heterocycles. The van der Waals surface area contributed by atoms with Crippen LogP contribution >= 0.6 is 0 Å². The van der Waals surface area contributed by atoms with E-state index in [0.29, 0.717) is 36.2 Å². The number of aromatic nitrogens is 5. The van der Waals surface area contributed by atoms with Crippen LogP contribution in [-0.2, 0) is 6.54 Å². The molecular weight excluding hydrogens is 330 g/mol. The number of hydrogen-bond acceptors (Lipinski definition) is 7. The Balaban J connectivity index is 1.52. The molecule has 0 aliphatic rings. The Bertz CT molecular complexity index is 1020. The van der Waals surface area contributed by atoms with Crippen LogP contribution in [0.2, 0.25) is 0 Å². The fraction of sp³-hybridized carbons (Fsp3) is 0.167. The number of rotatable bonds is 6. The minimum Gasteiger partial charge on any atom is -0.439 e. The number of anilines is 1. The zero-order valence-corrected chi connectivity index (χ0v) is 13.8. The Labute approximate surface area is 149 Å². The monoisotopic (exact) mass is 345 g/mol. The number of hydrogen-bond donors (Lipinski definition) is 1. The zero-order valence-electron chi connectivity index (χ0n) is 13.8. The summed E-state index contributed by atoms with van der Waals surface area (Å²) in [4.78, 5) is 13.0. The second-order valence-electron chi connectivity index (χ2n) is 5.58. The summed E-state index contributed by atoms with van der Waals surface area (Å²) in [6, 6.07) is 13.2. The summed E-state index contributed by atoms with van der Waals surface area (Å²) < 4.78 is 7.53. The highest BCUT2D eigenvalue weighted by molar-refractivity contribution is 5.72. The van der Waals surface area contributed by atoms with E-state index in [9.17, 15) is 5.26 Å². The van der Waals surface area contributed by atoms with Crippen molar-refractivity contribution in [1.29, 1.82) is 5.26 Å². The predicted octanol–water partition coefficient (Wildman–Crippen LogP) is 2.58. The maximum atomic E-state index is 9.61. The number of nitrogens with one attached hydrogen (secondary N) is 1. The lowest BCUT2D eigenvalue weighted by molar-refractivity contribution is 0.525. The molecule has 0 aliphatic carbocycles. The normalized spacial score (nSPS) is 12.0. The second-order valence-corrected chi connectivity index (χ2v) is 5.58. The lowest BCUT2D eigenvalue weighted by atomic mass is 10.1. The van der Waals surface area contributed by atoms with Gasteiger partial charge in [-0.3, -0.25) is 4.68 Å². The van der Waals surface area contributed by atoms with E-state index in [2.05, 4.69) is 31.4 Å². The summed E-state index contributed by atoms with van der Waals surface area (Å²) in [6.07, 6.45) is 5.23. The molecule has 0 amide bonds. The Hall–Kier alpha value is -3.73. The highest BCUT2D eigenvalue weighted by atomic mass is 16.3. The molecule has 0 spiro atoms. The molecule has 128 valence electrons. The first-order valence-corrected chi connectivity index (χ1v) is 8.13. The second kappa shape index (κ2) is 7.03. The number of oxazole rings is 1. The van der Waals surface area contributed by atoms with Gasteiger partial charge in [-0.1, -0.05) is 12.1 Å². The molecule has 1 N–H and O–H groups in total. The number of nitriles is 1. The summed E-state index contributed by atoms with van der Waals surface area (Å²) in [7, 11) is 0. The minimum atomic E-state index is -0.697. The standard InChI is InChI=1S/C18H15N7O/c19-12-13(17-23-15-4-1-2-5-16(15)26-17)14-6-8-20-18(24-14)21-9-11-25-10-3-7-22-25/h1-8,10,13H,9,11H2,(H,20,21,24). The molecule has 1 aromatic carbocycles. The first kappa shape index (κ1) is 15.8.